The van der Waals surface area contributed by atoms with Crippen LogP contribution in [0.1, 0.15) is 32.4 Å². The van der Waals surface area contributed by atoms with Gasteiger partial charge in [0.15, 0.2) is 0 Å². The van der Waals surface area contributed by atoms with Gasteiger partial charge in [0, 0.05) is 19.2 Å². The first kappa shape index (κ1) is 15.6. The molecule has 0 amide bonds. The van der Waals surface area contributed by atoms with Gasteiger partial charge in [-0.2, -0.15) is 0 Å². The van der Waals surface area contributed by atoms with Gasteiger partial charge in [0.1, 0.15) is 6.33 Å². The summed E-state index contributed by atoms with van der Waals surface area (Å²) in [6.07, 6.45) is 1.59. The third-order valence-corrected chi connectivity index (χ3v) is 3.13. The van der Waals surface area contributed by atoms with Gasteiger partial charge in [-0.3, -0.25) is 0 Å². The van der Waals surface area contributed by atoms with Crippen molar-refractivity contribution in [2.45, 2.75) is 26.8 Å². The molecular weight excluding hydrogens is 266 g/mol. The normalized spacial score (nSPS) is 12.8. The highest BCUT2D eigenvalue weighted by atomic mass is 16.5. The molecule has 2 aromatic rings. The van der Waals surface area contributed by atoms with Crippen molar-refractivity contribution in [2.24, 2.45) is 5.92 Å². The molecule has 2 rings (SSSR count). The fourth-order valence-corrected chi connectivity index (χ4v) is 2.00. The number of aromatic nitrogens is 4. The predicted octanol–water partition coefficient (Wildman–Crippen LogP) is 1.99. The predicted molar refractivity (Wildman–Crippen MR) is 81.2 cm³/mol. The maximum Gasteiger partial charge on any atom is 0.143 e. The first-order chi connectivity index (χ1) is 10.2. The lowest BCUT2D eigenvalue weighted by Gasteiger charge is -2.15. The van der Waals surface area contributed by atoms with Crippen LogP contribution < -0.4 is 5.32 Å². The number of hydrogen-bond acceptors (Lipinski definition) is 5. The number of tetrazole rings is 1. The van der Waals surface area contributed by atoms with E-state index in [4.69, 9.17) is 4.74 Å². The highest BCUT2D eigenvalue weighted by Crippen LogP contribution is 2.15. The molecule has 0 spiro atoms. The van der Waals surface area contributed by atoms with Crippen LogP contribution in [0.15, 0.2) is 30.6 Å². The second-order valence-corrected chi connectivity index (χ2v) is 5.49. The topological polar surface area (TPSA) is 64.9 Å². The van der Waals surface area contributed by atoms with E-state index in [9.17, 15) is 0 Å². The quantitative estimate of drug-likeness (QED) is 0.753. The molecule has 0 aliphatic carbocycles. The maximum atomic E-state index is 5.57. The van der Waals surface area contributed by atoms with Gasteiger partial charge < -0.3 is 10.1 Å². The summed E-state index contributed by atoms with van der Waals surface area (Å²) < 4.78 is 7.23. The molecule has 6 nitrogen and oxygen atoms in total. The molecule has 1 N–H and O–H groups in total. The number of ether oxygens (including phenoxy) is 1. The minimum absolute atomic E-state index is 0.254. The lowest BCUT2D eigenvalue weighted by molar-refractivity contribution is 0.110. The molecule has 1 atom stereocenters. The van der Waals surface area contributed by atoms with Gasteiger partial charge >= 0.3 is 0 Å². The fraction of sp³-hybridized carbons (Fsp3) is 0.533. The molecular formula is C15H23N5O. The number of nitrogens with one attached hydrogen (secondary N) is 1. The summed E-state index contributed by atoms with van der Waals surface area (Å²) in [4.78, 5) is 0. The second kappa shape index (κ2) is 7.85. The van der Waals surface area contributed by atoms with Crippen molar-refractivity contribution < 1.29 is 4.74 Å². The van der Waals surface area contributed by atoms with Gasteiger partial charge in [-0.1, -0.05) is 26.0 Å². The Hall–Kier alpha value is -1.79. The lowest BCUT2D eigenvalue weighted by atomic mass is 10.1. The molecule has 0 fully saturated rings. The number of hydrogen-bond donors (Lipinski definition) is 1. The van der Waals surface area contributed by atoms with Crippen LogP contribution in [0.2, 0.25) is 0 Å². The first-order valence-electron chi connectivity index (χ1n) is 7.31. The Morgan fingerprint density at radius 1 is 1.29 bits per heavy atom. The molecule has 0 aliphatic rings. The van der Waals surface area contributed by atoms with Gasteiger partial charge in [0.25, 0.3) is 0 Å². The van der Waals surface area contributed by atoms with Crippen molar-refractivity contribution in [3.63, 3.8) is 0 Å². The number of rotatable bonds is 8. The van der Waals surface area contributed by atoms with Gasteiger partial charge in [0.05, 0.1) is 12.3 Å². The summed E-state index contributed by atoms with van der Waals surface area (Å²) in [6, 6.07) is 8.44. The second-order valence-electron chi connectivity index (χ2n) is 5.49. The Morgan fingerprint density at radius 2 is 2.14 bits per heavy atom. The van der Waals surface area contributed by atoms with Gasteiger partial charge in [-0.25, -0.2) is 4.68 Å². The summed E-state index contributed by atoms with van der Waals surface area (Å²) in [5.74, 6) is 0.579. The molecule has 1 aromatic heterocycles. The number of benzene rings is 1. The van der Waals surface area contributed by atoms with E-state index in [1.807, 2.05) is 12.1 Å². The minimum Gasteiger partial charge on any atom is -0.380 e. The van der Waals surface area contributed by atoms with Gasteiger partial charge in [0.2, 0.25) is 0 Å². The van der Waals surface area contributed by atoms with Crippen molar-refractivity contribution in [2.75, 3.05) is 19.8 Å². The molecule has 1 unspecified atom stereocenters. The van der Waals surface area contributed by atoms with E-state index >= 15 is 0 Å². The highest BCUT2D eigenvalue weighted by molar-refractivity contribution is 5.35. The monoisotopic (exact) mass is 289 g/mol. The van der Waals surface area contributed by atoms with Crippen LogP contribution in [0.25, 0.3) is 5.69 Å². The van der Waals surface area contributed by atoms with Crippen LogP contribution in [0, 0.1) is 5.92 Å². The van der Waals surface area contributed by atoms with Gasteiger partial charge in [-0.05, 0) is 41.0 Å². The Balaban J connectivity index is 1.85. The summed E-state index contributed by atoms with van der Waals surface area (Å²) in [7, 11) is 0. The SMILES string of the molecule is CC(C)COCCNC(C)c1cccc(-n2cnnn2)c1. The minimum atomic E-state index is 0.254. The van der Waals surface area contributed by atoms with E-state index in [1.165, 1.54) is 5.56 Å². The van der Waals surface area contributed by atoms with Crippen molar-refractivity contribution in [3.05, 3.63) is 36.2 Å². The Bertz CT molecular complexity index is 527. The molecule has 21 heavy (non-hydrogen) atoms. The van der Waals surface area contributed by atoms with Crippen molar-refractivity contribution in [1.29, 1.82) is 0 Å². The van der Waals surface area contributed by atoms with E-state index in [1.54, 1.807) is 11.0 Å². The molecule has 1 aromatic carbocycles. The zero-order valence-electron chi connectivity index (χ0n) is 12.9. The van der Waals surface area contributed by atoms with Crippen LogP contribution in [0.5, 0.6) is 0 Å². The van der Waals surface area contributed by atoms with E-state index in [0.29, 0.717) is 5.92 Å². The van der Waals surface area contributed by atoms with E-state index in [-0.39, 0.29) is 6.04 Å². The van der Waals surface area contributed by atoms with Crippen LogP contribution in [0.4, 0.5) is 0 Å². The molecule has 0 bridgehead atoms. The molecule has 0 aliphatic heterocycles. The third-order valence-electron chi connectivity index (χ3n) is 3.13. The van der Waals surface area contributed by atoms with Crippen LogP contribution in [-0.4, -0.2) is 40.0 Å². The summed E-state index contributed by atoms with van der Waals surface area (Å²) in [5.41, 5.74) is 2.16. The highest BCUT2D eigenvalue weighted by Gasteiger charge is 2.06. The Kier molecular flexibility index (Phi) is 5.83. The first-order valence-corrected chi connectivity index (χ1v) is 7.31. The molecule has 0 saturated heterocycles. The molecule has 114 valence electrons. The van der Waals surface area contributed by atoms with E-state index < -0.39 is 0 Å². The maximum absolute atomic E-state index is 5.57. The zero-order chi connectivity index (χ0) is 15.1. The molecule has 1 heterocycles. The summed E-state index contributed by atoms with van der Waals surface area (Å²) >= 11 is 0. The largest absolute Gasteiger partial charge is 0.380 e. The van der Waals surface area contributed by atoms with Crippen molar-refractivity contribution in [1.82, 2.24) is 25.5 Å². The Labute approximate surface area is 125 Å². The van der Waals surface area contributed by atoms with Gasteiger partial charge in [-0.15, -0.1) is 5.10 Å². The van der Waals surface area contributed by atoms with E-state index in [2.05, 4.69) is 53.7 Å². The van der Waals surface area contributed by atoms with Crippen molar-refractivity contribution >= 4 is 0 Å². The molecule has 0 radical (unpaired) electrons. The third kappa shape index (κ3) is 4.91. The summed E-state index contributed by atoms with van der Waals surface area (Å²) in [6.45, 7) is 8.82. The standard InChI is InChI=1S/C15H23N5O/c1-12(2)10-21-8-7-16-13(3)14-5-4-6-15(9-14)20-11-17-18-19-20/h4-6,9,11-13,16H,7-8,10H2,1-3H3. The average Bonchev–Trinajstić information content (AvgIpc) is 3.01. The van der Waals surface area contributed by atoms with Crippen LogP contribution >= 0.6 is 0 Å². The zero-order valence-corrected chi connectivity index (χ0v) is 12.9. The molecule has 0 saturated carbocycles. The lowest BCUT2D eigenvalue weighted by Crippen LogP contribution is -2.24. The summed E-state index contributed by atoms with van der Waals surface area (Å²) in [5, 5.41) is 14.7. The smallest absolute Gasteiger partial charge is 0.143 e. The Morgan fingerprint density at radius 3 is 2.86 bits per heavy atom. The number of nitrogens with zero attached hydrogens (tertiary/aromatic N) is 4. The van der Waals surface area contributed by atoms with Crippen molar-refractivity contribution in [3.8, 4) is 5.69 Å². The average molecular weight is 289 g/mol. The van der Waals surface area contributed by atoms with E-state index in [0.717, 1.165) is 25.4 Å². The fourth-order valence-electron chi connectivity index (χ4n) is 2.00. The van der Waals surface area contributed by atoms with Crippen LogP contribution in [-0.2, 0) is 4.74 Å². The molecule has 6 heteroatoms. The van der Waals surface area contributed by atoms with Crippen LogP contribution in [0.3, 0.4) is 0 Å².